The van der Waals surface area contributed by atoms with E-state index in [2.05, 4.69) is 10.3 Å². The maximum Gasteiger partial charge on any atom is 0.219 e. The van der Waals surface area contributed by atoms with E-state index < -0.39 is 0 Å². The van der Waals surface area contributed by atoms with E-state index in [1.807, 2.05) is 11.0 Å². The lowest BCUT2D eigenvalue weighted by molar-refractivity contribution is -0.129. The van der Waals surface area contributed by atoms with Crippen LogP contribution in [0.15, 0.2) is 12.3 Å². The summed E-state index contributed by atoms with van der Waals surface area (Å²) in [5.74, 6) is 1.69. The first-order chi connectivity index (χ1) is 10.7. The van der Waals surface area contributed by atoms with Crippen LogP contribution in [0.5, 0.6) is 11.5 Å². The smallest absolute Gasteiger partial charge is 0.219 e. The number of hydrogen-bond acceptors (Lipinski definition) is 5. The molecule has 1 aromatic heterocycles. The predicted molar refractivity (Wildman–Crippen MR) is 82.0 cm³/mol. The Balaban J connectivity index is 1.52. The van der Waals surface area contributed by atoms with Gasteiger partial charge in [-0.1, -0.05) is 0 Å². The fourth-order valence-corrected chi connectivity index (χ4v) is 2.85. The van der Waals surface area contributed by atoms with Crippen LogP contribution in [0.25, 0.3) is 0 Å². The molecule has 1 N–H and O–H groups in total. The van der Waals surface area contributed by atoms with Crippen molar-refractivity contribution in [3.63, 3.8) is 0 Å². The molecule has 0 saturated carbocycles. The van der Waals surface area contributed by atoms with Gasteiger partial charge < -0.3 is 19.7 Å². The minimum atomic E-state index is 0.169. The number of carbonyl (C=O) groups is 1. The van der Waals surface area contributed by atoms with Gasteiger partial charge in [0.25, 0.3) is 0 Å². The van der Waals surface area contributed by atoms with Gasteiger partial charge in [-0.25, -0.2) is 0 Å². The van der Waals surface area contributed by atoms with Crippen molar-refractivity contribution >= 4 is 5.91 Å². The van der Waals surface area contributed by atoms with Gasteiger partial charge in [0, 0.05) is 45.1 Å². The highest BCUT2D eigenvalue weighted by Crippen LogP contribution is 2.29. The fourth-order valence-electron chi connectivity index (χ4n) is 2.85. The van der Waals surface area contributed by atoms with Crippen LogP contribution in [0.3, 0.4) is 0 Å². The molecule has 0 radical (unpaired) electrons. The van der Waals surface area contributed by atoms with Crippen molar-refractivity contribution in [2.24, 2.45) is 0 Å². The van der Waals surface area contributed by atoms with Crippen LogP contribution in [-0.4, -0.2) is 48.1 Å². The first kappa shape index (κ1) is 15.1. The summed E-state index contributed by atoms with van der Waals surface area (Å²) in [4.78, 5) is 17.7. The summed E-state index contributed by atoms with van der Waals surface area (Å²) in [5, 5.41) is 3.52. The number of ether oxygens (including phenoxy) is 2. The molecule has 2 aliphatic heterocycles. The fraction of sp³-hybridized carbons (Fsp3) is 0.625. The number of piperidine rings is 1. The Morgan fingerprint density at radius 2 is 2.05 bits per heavy atom. The molecule has 3 rings (SSSR count). The average Bonchev–Trinajstić information content (AvgIpc) is 2.78. The largest absolute Gasteiger partial charge is 0.489 e. The van der Waals surface area contributed by atoms with Crippen molar-refractivity contribution in [3.8, 4) is 11.5 Å². The van der Waals surface area contributed by atoms with E-state index in [4.69, 9.17) is 9.47 Å². The van der Waals surface area contributed by atoms with Crippen molar-refractivity contribution in [1.29, 1.82) is 0 Å². The van der Waals surface area contributed by atoms with Gasteiger partial charge in [0.05, 0.1) is 25.1 Å². The van der Waals surface area contributed by atoms with E-state index in [-0.39, 0.29) is 5.91 Å². The summed E-state index contributed by atoms with van der Waals surface area (Å²) in [6, 6.07) is 2.40. The average molecular weight is 305 g/mol. The molecule has 0 aromatic carbocycles. The van der Waals surface area contributed by atoms with Crippen molar-refractivity contribution in [3.05, 3.63) is 18.0 Å². The second-order valence-electron chi connectivity index (χ2n) is 5.83. The zero-order valence-corrected chi connectivity index (χ0v) is 13.0. The van der Waals surface area contributed by atoms with Crippen LogP contribution < -0.4 is 14.8 Å². The van der Waals surface area contributed by atoms with Crippen LogP contribution in [-0.2, 0) is 11.3 Å². The number of nitrogens with zero attached hydrogens (tertiary/aromatic N) is 2. The molecule has 0 unspecified atom stereocenters. The van der Waals surface area contributed by atoms with Gasteiger partial charge in [-0.05, 0) is 12.8 Å². The Morgan fingerprint density at radius 1 is 1.32 bits per heavy atom. The topological polar surface area (TPSA) is 63.7 Å². The van der Waals surface area contributed by atoms with Crippen LogP contribution in [0.1, 0.15) is 31.9 Å². The summed E-state index contributed by atoms with van der Waals surface area (Å²) < 4.78 is 11.3. The lowest BCUT2D eigenvalue weighted by atomic mass is 10.0. The first-order valence-corrected chi connectivity index (χ1v) is 7.96. The molecule has 22 heavy (non-hydrogen) atoms. The van der Waals surface area contributed by atoms with Crippen molar-refractivity contribution in [1.82, 2.24) is 15.2 Å². The molecule has 1 fully saturated rings. The molecular formula is C16H23N3O3. The molecule has 0 atom stereocenters. The van der Waals surface area contributed by atoms with E-state index in [0.717, 1.165) is 49.5 Å². The third-order valence-electron chi connectivity index (χ3n) is 4.20. The molecule has 1 saturated heterocycles. The molecule has 1 aromatic rings. The number of likely N-dealkylation sites (tertiary alicyclic amines) is 1. The minimum absolute atomic E-state index is 0.169. The van der Waals surface area contributed by atoms with Gasteiger partial charge in [-0.15, -0.1) is 0 Å². The summed E-state index contributed by atoms with van der Waals surface area (Å²) in [6.07, 6.45) is 4.63. The van der Waals surface area contributed by atoms with Gasteiger partial charge in [0.1, 0.15) is 0 Å². The lowest BCUT2D eigenvalue weighted by Gasteiger charge is -2.31. The summed E-state index contributed by atoms with van der Waals surface area (Å²) in [5.41, 5.74) is 0.957. The SMILES string of the molecule is CC(=O)N1CCC(NCc2cc3c(cn2)OCCCO3)CC1. The second-order valence-corrected chi connectivity index (χ2v) is 5.83. The van der Waals surface area contributed by atoms with Gasteiger partial charge in [-0.3, -0.25) is 9.78 Å². The van der Waals surface area contributed by atoms with Crippen LogP contribution >= 0.6 is 0 Å². The van der Waals surface area contributed by atoms with E-state index in [0.29, 0.717) is 25.8 Å². The number of rotatable bonds is 3. The number of pyridine rings is 1. The molecule has 6 heteroatoms. The Bertz CT molecular complexity index is 527. The third kappa shape index (κ3) is 3.68. The summed E-state index contributed by atoms with van der Waals surface area (Å²) in [6.45, 7) is 5.38. The highest BCUT2D eigenvalue weighted by Gasteiger charge is 2.20. The Kier molecular flexibility index (Phi) is 4.77. The van der Waals surface area contributed by atoms with Crippen LogP contribution in [0.4, 0.5) is 0 Å². The summed E-state index contributed by atoms with van der Waals surface area (Å²) >= 11 is 0. The Morgan fingerprint density at radius 3 is 2.77 bits per heavy atom. The number of carbonyl (C=O) groups excluding carboxylic acids is 1. The van der Waals surface area contributed by atoms with E-state index in [1.54, 1.807) is 13.1 Å². The molecule has 3 heterocycles. The highest BCUT2D eigenvalue weighted by molar-refractivity contribution is 5.73. The van der Waals surface area contributed by atoms with Crippen molar-refractivity contribution in [2.45, 2.75) is 38.8 Å². The van der Waals surface area contributed by atoms with Gasteiger partial charge >= 0.3 is 0 Å². The Labute approximate surface area is 130 Å². The molecule has 0 aliphatic carbocycles. The van der Waals surface area contributed by atoms with Crippen LogP contribution in [0.2, 0.25) is 0 Å². The van der Waals surface area contributed by atoms with Gasteiger partial charge in [0.2, 0.25) is 5.91 Å². The molecule has 1 amide bonds. The van der Waals surface area contributed by atoms with E-state index in [1.165, 1.54) is 0 Å². The highest BCUT2D eigenvalue weighted by atomic mass is 16.5. The number of nitrogens with one attached hydrogen (secondary N) is 1. The zero-order valence-electron chi connectivity index (χ0n) is 13.0. The molecule has 6 nitrogen and oxygen atoms in total. The maximum atomic E-state index is 11.3. The molecular weight excluding hydrogens is 282 g/mol. The number of hydrogen-bond donors (Lipinski definition) is 1. The standard InChI is InChI=1S/C16H23N3O3/c1-12(20)19-5-3-13(4-6-19)17-10-14-9-15-16(11-18-14)22-8-2-7-21-15/h9,11,13,17H,2-8,10H2,1H3. The van der Waals surface area contributed by atoms with Crippen molar-refractivity contribution < 1.29 is 14.3 Å². The minimum Gasteiger partial charge on any atom is -0.489 e. The molecule has 0 bridgehead atoms. The molecule has 120 valence electrons. The summed E-state index contributed by atoms with van der Waals surface area (Å²) in [7, 11) is 0. The molecule has 2 aliphatic rings. The van der Waals surface area contributed by atoms with E-state index >= 15 is 0 Å². The maximum absolute atomic E-state index is 11.3. The normalized spacial score (nSPS) is 18.9. The Hall–Kier alpha value is -1.82. The second kappa shape index (κ2) is 6.96. The zero-order chi connectivity index (χ0) is 15.4. The van der Waals surface area contributed by atoms with Gasteiger partial charge in [0.15, 0.2) is 11.5 Å². The van der Waals surface area contributed by atoms with Crippen LogP contribution in [0, 0.1) is 0 Å². The quantitative estimate of drug-likeness (QED) is 0.913. The molecule has 0 spiro atoms. The van der Waals surface area contributed by atoms with Crippen molar-refractivity contribution in [2.75, 3.05) is 26.3 Å². The lowest BCUT2D eigenvalue weighted by Crippen LogP contribution is -2.44. The number of aromatic nitrogens is 1. The predicted octanol–water partition coefficient (Wildman–Crippen LogP) is 1.34. The third-order valence-corrected chi connectivity index (χ3v) is 4.20. The van der Waals surface area contributed by atoms with Gasteiger partial charge in [-0.2, -0.15) is 0 Å². The monoisotopic (exact) mass is 305 g/mol. The van der Waals surface area contributed by atoms with E-state index in [9.17, 15) is 4.79 Å². The number of fused-ring (bicyclic) bond motifs is 1. The first-order valence-electron chi connectivity index (χ1n) is 7.96. The number of amides is 1.